The number of rotatable bonds is 7. The molecular weight excluding hydrogens is 894 g/mol. The molecule has 0 unspecified atom stereocenters. The van der Waals surface area contributed by atoms with Crippen LogP contribution >= 0.6 is 0 Å². The minimum absolute atomic E-state index is 0.0558. The second-order valence-electron chi connectivity index (χ2n) is 21.2. The molecule has 0 N–H and O–H groups in total. The van der Waals surface area contributed by atoms with Crippen LogP contribution in [0.15, 0.2) is 261 Å². The normalized spacial score (nSPS) is 13.5. The fraction of sp³-hybridized carbons (Fsp3) is 0.0704. The first-order valence-electron chi connectivity index (χ1n) is 25.9. The molecule has 0 aromatic heterocycles. The average molecular weight is 946 g/mol. The van der Waals surface area contributed by atoms with Crippen LogP contribution in [-0.2, 0) is 10.8 Å². The maximum Gasteiger partial charge on any atom is 0.256 e. The molecule has 1 aliphatic carbocycles. The van der Waals surface area contributed by atoms with E-state index in [-0.39, 0.29) is 12.1 Å². The van der Waals surface area contributed by atoms with E-state index in [2.05, 4.69) is 287 Å². The van der Waals surface area contributed by atoms with E-state index in [1.54, 1.807) is 0 Å². The minimum atomic E-state index is -0.662. The van der Waals surface area contributed by atoms with Gasteiger partial charge in [0.2, 0.25) is 0 Å². The second-order valence-corrected chi connectivity index (χ2v) is 21.2. The topological polar surface area (TPSA) is 12.5 Å². The zero-order chi connectivity index (χ0) is 49.5. The van der Waals surface area contributed by atoms with Gasteiger partial charge in [0.25, 0.3) is 6.71 Å². The van der Waals surface area contributed by atoms with Gasteiger partial charge >= 0.3 is 0 Å². The average Bonchev–Trinajstić information content (AvgIpc) is 3.89. The highest BCUT2D eigenvalue weighted by atomic mass is 16.5. The molecular formula is C71H52BNO. The lowest BCUT2D eigenvalue weighted by Gasteiger charge is -2.43. The molecule has 350 valence electrons. The summed E-state index contributed by atoms with van der Waals surface area (Å²) in [5, 5.41) is 0. The molecule has 74 heavy (non-hydrogen) atoms. The van der Waals surface area contributed by atoms with Crippen molar-refractivity contribution in [3.63, 3.8) is 0 Å². The summed E-state index contributed by atoms with van der Waals surface area (Å²) in [5.41, 5.74) is 24.4. The highest BCUT2D eigenvalue weighted by Crippen LogP contribution is 2.58. The van der Waals surface area contributed by atoms with E-state index in [0.717, 1.165) is 61.7 Å². The molecule has 14 rings (SSSR count). The summed E-state index contributed by atoms with van der Waals surface area (Å²) < 4.78 is 7.48. The Morgan fingerprint density at radius 2 is 0.838 bits per heavy atom. The number of benzene rings is 11. The Balaban J connectivity index is 1.09. The Labute approximate surface area is 435 Å². The lowest BCUT2D eigenvalue weighted by molar-refractivity contribution is 0.486. The number of anilines is 3. The molecule has 2 aliphatic heterocycles. The molecule has 3 aliphatic rings. The van der Waals surface area contributed by atoms with Crippen molar-refractivity contribution in [1.82, 2.24) is 0 Å². The molecule has 0 saturated heterocycles. The van der Waals surface area contributed by atoms with Crippen molar-refractivity contribution in [1.29, 1.82) is 0 Å². The third-order valence-corrected chi connectivity index (χ3v) is 16.0. The van der Waals surface area contributed by atoms with Gasteiger partial charge in [-0.25, -0.2) is 0 Å². The summed E-state index contributed by atoms with van der Waals surface area (Å²) in [7, 11) is 0. The quantitative estimate of drug-likeness (QED) is 0.148. The largest absolute Gasteiger partial charge is 0.458 e. The van der Waals surface area contributed by atoms with E-state index in [1.807, 2.05) is 0 Å². The van der Waals surface area contributed by atoms with Crippen molar-refractivity contribution in [2.24, 2.45) is 0 Å². The van der Waals surface area contributed by atoms with Crippen molar-refractivity contribution in [2.75, 3.05) is 4.90 Å². The SMILES string of the molecule is CC(C)(C)c1ccc(-c2ccc(N3c4ccc(-c5ccccc5)cc4B4c5cc(-c6ccccc6)ccc5Oc5cc(C6(c7ccccc7)c7ccccc7-c7ccccc76)cc3c54)c(-c3ccccc3)c2)cc1. The van der Waals surface area contributed by atoms with Gasteiger partial charge in [-0.2, -0.15) is 0 Å². The summed E-state index contributed by atoms with van der Waals surface area (Å²) in [5.74, 6) is 1.75. The molecule has 11 aromatic rings. The van der Waals surface area contributed by atoms with Gasteiger partial charge in [0.05, 0.1) is 11.1 Å². The number of fused-ring (bicyclic) bond motifs is 7. The van der Waals surface area contributed by atoms with Crippen LogP contribution in [-0.4, -0.2) is 6.71 Å². The van der Waals surface area contributed by atoms with E-state index in [9.17, 15) is 0 Å². The molecule has 0 radical (unpaired) electrons. The van der Waals surface area contributed by atoms with Gasteiger partial charge in [-0.3, -0.25) is 0 Å². The third kappa shape index (κ3) is 6.87. The first kappa shape index (κ1) is 43.8. The fourth-order valence-corrected chi connectivity index (χ4v) is 12.5. The van der Waals surface area contributed by atoms with Gasteiger partial charge in [-0.1, -0.05) is 245 Å². The number of hydrogen-bond acceptors (Lipinski definition) is 2. The van der Waals surface area contributed by atoms with Crippen molar-refractivity contribution in [2.45, 2.75) is 31.6 Å². The predicted octanol–water partition coefficient (Wildman–Crippen LogP) is 16.4. The molecule has 2 nitrogen and oxygen atoms in total. The van der Waals surface area contributed by atoms with Crippen LogP contribution in [0.4, 0.5) is 17.1 Å². The molecule has 11 aromatic carbocycles. The number of nitrogens with zero attached hydrogens (tertiary/aromatic N) is 1. The highest BCUT2D eigenvalue weighted by molar-refractivity contribution is 6.99. The summed E-state index contributed by atoms with van der Waals surface area (Å²) in [4.78, 5) is 2.57. The van der Waals surface area contributed by atoms with Crippen molar-refractivity contribution >= 4 is 40.2 Å². The van der Waals surface area contributed by atoms with Gasteiger partial charge in [0, 0.05) is 16.9 Å². The molecule has 0 saturated carbocycles. The van der Waals surface area contributed by atoms with Crippen LogP contribution in [0, 0.1) is 0 Å². The molecule has 0 bridgehead atoms. The van der Waals surface area contributed by atoms with Crippen LogP contribution in [0.3, 0.4) is 0 Å². The monoisotopic (exact) mass is 945 g/mol. The molecule has 3 heteroatoms. The first-order chi connectivity index (χ1) is 36.3. The van der Waals surface area contributed by atoms with E-state index in [0.29, 0.717) is 0 Å². The Bertz CT molecular complexity index is 3910. The van der Waals surface area contributed by atoms with Gasteiger partial charge in [-0.15, -0.1) is 0 Å². The highest BCUT2D eigenvalue weighted by Gasteiger charge is 2.49. The Hall–Kier alpha value is -8.92. The minimum Gasteiger partial charge on any atom is -0.458 e. The zero-order valence-electron chi connectivity index (χ0n) is 41.8. The lowest BCUT2D eigenvalue weighted by Crippen LogP contribution is -2.59. The molecule has 0 fully saturated rings. The predicted molar refractivity (Wildman–Crippen MR) is 310 cm³/mol. The van der Waals surface area contributed by atoms with Gasteiger partial charge in [-0.05, 0) is 136 Å². The van der Waals surface area contributed by atoms with Crippen LogP contribution in [0.2, 0.25) is 0 Å². The van der Waals surface area contributed by atoms with Crippen LogP contribution in [0.25, 0.3) is 55.6 Å². The lowest BCUT2D eigenvalue weighted by atomic mass is 9.34. The van der Waals surface area contributed by atoms with Crippen molar-refractivity contribution in [3.05, 3.63) is 289 Å². The van der Waals surface area contributed by atoms with Gasteiger partial charge < -0.3 is 9.64 Å². The smallest absolute Gasteiger partial charge is 0.256 e. The summed E-state index contributed by atoms with van der Waals surface area (Å²) in [6, 6.07) is 96.8. The van der Waals surface area contributed by atoms with E-state index >= 15 is 0 Å². The van der Waals surface area contributed by atoms with Gasteiger partial charge in [0.1, 0.15) is 11.5 Å². The molecule has 0 atom stereocenters. The van der Waals surface area contributed by atoms with Crippen LogP contribution in [0.5, 0.6) is 11.5 Å². The molecule has 0 amide bonds. The van der Waals surface area contributed by atoms with Crippen LogP contribution in [0.1, 0.15) is 48.6 Å². The van der Waals surface area contributed by atoms with E-state index in [1.165, 1.54) is 66.7 Å². The number of hydrogen-bond donors (Lipinski definition) is 0. The maximum atomic E-state index is 7.48. The molecule has 0 spiro atoms. The summed E-state index contributed by atoms with van der Waals surface area (Å²) >= 11 is 0. The third-order valence-electron chi connectivity index (χ3n) is 16.0. The van der Waals surface area contributed by atoms with E-state index in [4.69, 9.17) is 4.74 Å². The summed E-state index contributed by atoms with van der Waals surface area (Å²) in [6.07, 6.45) is 0. The van der Waals surface area contributed by atoms with Gasteiger partial charge in [0.15, 0.2) is 0 Å². The second kappa shape index (κ2) is 17.1. The Kier molecular flexibility index (Phi) is 10.1. The van der Waals surface area contributed by atoms with Crippen molar-refractivity contribution < 1.29 is 4.74 Å². The molecule has 2 heterocycles. The summed E-state index contributed by atoms with van der Waals surface area (Å²) in [6.45, 7) is 6.69. The Morgan fingerprint density at radius 3 is 1.45 bits per heavy atom. The Morgan fingerprint density at radius 1 is 0.351 bits per heavy atom. The fourth-order valence-electron chi connectivity index (χ4n) is 12.5. The maximum absolute atomic E-state index is 7.48. The number of ether oxygens (including phenoxy) is 1. The zero-order valence-corrected chi connectivity index (χ0v) is 41.8. The van der Waals surface area contributed by atoms with E-state index < -0.39 is 5.41 Å². The standard InChI is InChI=1S/C71H52BNO/c1-70(2,3)54-37-32-49(33-38-54)51-34-39-64(59(42-51)50-24-12-6-13-25-50)73-65-40-35-52(47-20-8-4-9-21-47)43-62(65)72-63-44-53(48-22-10-5-11-23-48)36-41-67(63)74-68-46-56(45-66(73)69(68)72)71(55-26-14-7-15-27-55)60-30-18-16-28-57(60)58-29-17-19-31-61(58)71/h4-46H,1-3H3. The van der Waals surface area contributed by atoms with Crippen molar-refractivity contribution in [3.8, 4) is 67.1 Å². The first-order valence-corrected chi connectivity index (χ1v) is 25.9. The van der Waals surface area contributed by atoms with Crippen LogP contribution < -0.4 is 26.0 Å².